The molecular weight excluding hydrogens is 925 g/mol. The lowest BCUT2D eigenvalue weighted by atomic mass is 9.88. The van der Waals surface area contributed by atoms with E-state index in [1.165, 1.54) is 51.0 Å². The highest BCUT2D eigenvalue weighted by Crippen LogP contribution is 2.30. The number of hydrogen-bond acceptors (Lipinski definition) is 15. The van der Waals surface area contributed by atoms with Crippen molar-refractivity contribution in [2.75, 3.05) is 183 Å². The third-order valence-electron chi connectivity index (χ3n) is 17.0. The van der Waals surface area contributed by atoms with E-state index >= 15 is 0 Å². The Bertz CT molecular complexity index is 1460. The van der Waals surface area contributed by atoms with Crippen LogP contribution in [0.2, 0.25) is 0 Å². The summed E-state index contributed by atoms with van der Waals surface area (Å²) in [6.07, 6.45) is 15.6. The van der Waals surface area contributed by atoms with E-state index in [9.17, 15) is 5.11 Å². The minimum absolute atomic E-state index is 0.0404. The molecule has 0 radical (unpaired) electrons. The normalized spacial score (nSPS) is 28.0. The van der Waals surface area contributed by atoms with E-state index in [4.69, 9.17) is 38.6 Å². The third-order valence-corrected chi connectivity index (χ3v) is 17.0. The minimum Gasteiger partial charge on any atom is -0.396 e. The summed E-state index contributed by atoms with van der Waals surface area (Å²) in [5.41, 5.74) is 0.884. The van der Waals surface area contributed by atoms with Gasteiger partial charge in [0.2, 0.25) is 0 Å². The summed E-state index contributed by atoms with van der Waals surface area (Å²) in [4.78, 5) is 14.0. The first kappa shape index (κ1) is 67.7. The van der Waals surface area contributed by atoms with E-state index in [0.717, 1.165) is 129 Å². The van der Waals surface area contributed by atoms with Crippen molar-refractivity contribution in [3.63, 3.8) is 0 Å². The van der Waals surface area contributed by atoms with Gasteiger partial charge >= 0.3 is 0 Å². The van der Waals surface area contributed by atoms with Crippen molar-refractivity contribution in [2.45, 2.75) is 139 Å². The molecule has 6 fully saturated rings. The van der Waals surface area contributed by atoms with E-state index in [2.05, 4.69) is 116 Å². The molecule has 6 atom stereocenters. The van der Waals surface area contributed by atoms with E-state index in [1.54, 1.807) is 14.2 Å². The number of hydrogen-bond donors (Lipinski definition) is 3. The Hall–Kier alpha value is -1.38. The van der Waals surface area contributed by atoms with Gasteiger partial charge in [0.1, 0.15) is 0 Å². The molecule has 0 saturated carbocycles. The predicted molar refractivity (Wildman–Crippen MR) is 300 cm³/mol. The monoisotopic (exact) mass is 1040 g/mol. The van der Waals surface area contributed by atoms with Crippen LogP contribution in [0.25, 0.3) is 0 Å². The second kappa shape index (κ2) is 37.4. The van der Waals surface area contributed by atoms with Crippen molar-refractivity contribution < 1.29 is 43.7 Å². The van der Waals surface area contributed by atoms with Gasteiger partial charge in [-0.05, 0) is 150 Å². The van der Waals surface area contributed by atoms with Gasteiger partial charge in [-0.15, -0.1) is 0 Å². The van der Waals surface area contributed by atoms with Gasteiger partial charge < -0.3 is 73.1 Å². The van der Waals surface area contributed by atoms with Crippen LogP contribution in [0.4, 0.5) is 0 Å². The van der Waals surface area contributed by atoms with Crippen molar-refractivity contribution in [1.82, 2.24) is 29.4 Å². The number of nitrogens with zero attached hydrogens (tertiary/aromatic N) is 6. The molecule has 0 aromatic heterocycles. The third kappa shape index (κ3) is 26.2. The summed E-state index contributed by atoms with van der Waals surface area (Å²) in [6.45, 7) is 19.0. The second-order valence-electron chi connectivity index (χ2n) is 22.7. The number of benzene rings is 1. The van der Waals surface area contributed by atoms with Crippen LogP contribution in [0.15, 0.2) is 30.3 Å². The Morgan fingerprint density at radius 3 is 1.33 bits per heavy atom. The average Bonchev–Trinajstić information content (AvgIpc) is 3.39. The van der Waals surface area contributed by atoms with Gasteiger partial charge in [-0.2, -0.15) is 0 Å². The number of piperidine rings is 6. The van der Waals surface area contributed by atoms with Crippen LogP contribution >= 0.6 is 0 Å². The quantitative estimate of drug-likeness (QED) is 0.190. The Morgan fingerprint density at radius 2 is 0.918 bits per heavy atom. The zero-order chi connectivity index (χ0) is 54.3. The summed E-state index contributed by atoms with van der Waals surface area (Å²) in [5.74, 6) is 2.08. The highest BCUT2D eigenvalue weighted by atomic mass is 16.5. The van der Waals surface area contributed by atoms with E-state index in [1.807, 2.05) is 28.4 Å². The van der Waals surface area contributed by atoms with Gasteiger partial charge in [-0.3, -0.25) is 0 Å². The fraction of sp³-hybridized carbons (Fsp3) is 0.897. The molecule has 15 heteroatoms. The maximum absolute atomic E-state index is 9.80. The fourth-order valence-electron chi connectivity index (χ4n) is 11.3. The minimum atomic E-state index is -0.582. The summed E-state index contributed by atoms with van der Waals surface area (Å²) >= 11 is 0. The lowest BCUT2D eigenvalue weighted by Gasteiger charge is -2.39. The van der Waals surface area contributed by atoms with Crippen LogP contribution in [0.5, 0.6) is 0 Å². The Balaban J connectivity index is 0.000000302. The molecule has 6 heterocycles. The molecule has 6 saturated heterocycles. The Kier molecular flexibility index (Phi) is 34.7. The van der Waals surface area contributed by atoms with Gasteiger partial charge in [0.05, 0.1) is 35.1 Å². The smallest absolute Gasteiger partial charge is 0.0725 e. The van der Waals surface area contributed by atoms with Crippen LogP contribution < -0.4 is 0 Å². The van der Waals surface area contributed by atoms with Crippen LogP contribution in [-0.2, 0) is 34.8 Å². The van der Waals surface area contributed by atoms with E-state index in [0.29, 0.717) is 36.6 Å². The zero-order valence-electron chi connectivity index (χ0n) is 49.3. The molecule has 6 unspecified atom stereocenters. The highest BCUT2D eigenvalue weighted by molar-refractivity contribution is 5.16. The van der Waals surface area contributed by atoms with Crippen molar-refractivity contribution >= 4 is 0 Å². The summed E-state index contributed by atoms with van der Waals surface area (Å²) in [6, 6.07) is 10.7. The molecule has 6 aliphatic rings. The lowest BCUT2D eigenvalue weighted by Crippen LogP contribution is -2.44. The molecule has 1 aromatic carbocycles. The standard InChI is InChI=1S/C14H21NO.C10H21NO2.C9H19NO2.C9H19NO.C8H17NO2.C8H17NO/c1-15-9-8-14(16-2)13(11-15)10-12-6-4-3-5-7-12;1-11-7-4-10(13-3,5-8-11)6-9-12-2;1-10-6-3-9(12-2,4-7-10)5-8-11;1-4-8-7-10(2)6-5-9(8)11-3;1-9-5-2-8(11,3-6-9)4-7-10;1-7-6-9(2)5-4-8(7)10-3/h3-7,13-14H,8-11H2,1-2H3;4-9H2,1-3H3;11H,3-8H2,1-2H3;8-9H,4-7H2,1-3H3;10-11H,2-7H2,1H3;7-8H,4-6H2,1-3H3. The van der Waals surface area contributed by atoms with Gasteiger partial charge in [0.15, 0.2) is 0 Å². The number of rotatable bonds is 15. The average molecular weight is 1040 g/mol. The number of methoxy groups -OCH3 is 6. The van der Waals surface area contributed by atoms with Crippen molar-refractivity contribution in [2.24, 2.45) is 17.8 Å². The number of aliphatic hydroxyl groups excluding tert-OH is 2. The molecule has 73 heavy (non-hydrogen) atoms. The predicted octanol–water partition coefficient (Wildman–Crippen LogP) is 5.97. The highest BCUT2D eigenvalue weighted by Gasteiger charge is 2.35. The van der Waals surface area contributed by atoms with Crippen molar-refractivity contribution in [3.8, 4) is 0 Å². The van der Waals surface area contributed by atoms with Crippen LogP contribution in [-0.4, -0.2) is 263 Å². The SMILES string of the molecule is CCC1CN(C)CCC1OC.CN1CCC(O)(CCO)CC1.COC1(CCO)CCN(C)CC1.COC1CCN(C)CC1C.COC1CCN(C)CC1Cc1ccccc1.COCCC1(OC)CCN(C)CC1. The number of aliphatic hydroxyl groups is 3. The molecule has 0 spiro atoms. The van der Waals surface area contributed by atoms with Crippen LogP contribution in [0.1, 0.15) is 103 Å². The number of ether oxygens (including phenoxy) is 6. The first-order valence-electron chi connectivity index (χ1n) is 28.2. The summed E-state index contributed by atoms with van der Waals surface area (Å²) < 4.78 is 32.5. The molecule has 0 amide bonds. The van der Waals surface area contributed by atoms with Gasteiger partial charge in [-0.25, -0.2) is 0 Å². The Morgan fingerprint density at radius 1 is 0.507 bits per heavy atom. The van der Waals surface area contributed by atoms with Crippen molar-refractivity contribution in [3.05, 3.63) is 35.9 Å². The van der Waals surface area contributed by atoms with Gasteiger partial charge in [0.25, 0.3) is 0 Å². The van der Waals surface area contributed by atoms with Crippen LogP contribution in [0, 0.1) is 17.8 Å². The second-order valence-corrected chi connectivity index (χ2v) is 22.7. The van der Waals surface area contributed by atoms with E-state index in [-0.39, 0.29) is 24.4 Å². The zero-order valence-corrected chi connectivity index (χ0v) is 49.3. The van der Waals surface area contributed by atoms with Crippen molar-refractivity contribution in [1.29, 1.82) is 0 Å². The maximum atomic E-state index is 9.80. The Labute approximate surface area is 447 Å². The maximum Gasteiger partial charge on any atom is 0.0725 e. The van der Waals surface area contributed by atoms with Gasteiger partial charge in [-0.1, -0.05) is 44.2 Å². The molecule has 6 aliphatic heterocycles. The molecular formula is C58H114N6O9. The first-order valence-corrected chi connectivity index (χ1v) is 28.2. The van der Waals surface area contributed by atoms with Gasteiger partial charge in [0, 0.05) is 147 Å². The summed E-state index contributed by atoms with van der Waals surface area (Å²) in [7, 11) is 23.7. The molecule has 7 rings (SSSR count). The number of likely N-dealkylation sites (tertiary alicyclic amines) is 6. The molecule has 0 aliphatic carbocycles. The van der Waals surface area contributed by atoms with E-state index < -0.39 is 5.60 Å². The molecule has 3 N–H and O–H groups in total. The largest absolute Gasteiger partial charge is 0.396 e. The fourth-order valence-corrected chi connectivity index (χ4v) is 11.3. The van der Waals surface area contributed by atoms with Crippen LogP contribution in [0.3, 0.4) is 0 Å². The molecule has 0 bridgehead atoms. The first-order chi connectivity index (χ1) is 34.9. The topological polar surface area (TPSA) is 136 Å². The summed E-state index contributed by atoms with van der Waals surface area (Å²) in [5, 5.41) is 27.4. The molecule has 1 aromatic rings. The molecule has 430 valence electrons. The molecule has 15 nitrogen and oxygen atoms in total. The lowest BCUT2D eigenvalue weighted by molar-refractivity contribution is -0.0698.